The van der Waals surface area contributed by atoms with Crippen molar-refractivity contribution in [2.75, 3.05) is 0 Å². The summed E-state index contributed by atoms with van der Waals surface area (Å²) in [6.45, 7) is 0. The van der Waals surface area contributed by atoms with E-state index in [1.165, 1.54) is 0 Å². The van der Waals surface area contributed by atoms with Crippen LogP contribution in [0.1, 0.15) is 5.56 Å². The Labute approximate surface area is 185 Å². The highest BCUT2D eigenvalue weighted by Crippen LogP contribution is 2.33. The van der Waals surface area contributed by atoms with Crippen molar-refractivity contribution in [1.29, 1.82) is 0 Å². The van der Waals surface area contributed by atoms with Gasteiger partial charge < -0.3 is 9.52 Å². The van der Waals surface area contributed by atoms with E-state index in [0.29, 0.717) is 37.7 Å². The molecule has 0 atom stereocenters. The average Bonchev–Trinajstić information content (AvgIpc) is 3.18. The third-order valence-electron chi connectivity index (χ3n) is 4.80. The van der Waals surface area contributed by atoms with E-state index in [1.807, 2.05) is 42.5 Å². The molecule has 30 heavy (non-hydrogen) atoms. The monoisotopic (exact) mass is 476 g/mol. The van der Waals surface area contributed by atoms with Crippen molar-refractivity contribution < 1.29 is 9.52 Å². The van der Waals surface area contributed by atoms with Crippen molar-refractivity contribution in [2.45, 2.75) is 0 Å². The van der Waals surface area contributed by atoms with Gasteiger partial charge in [-0.15, -0.1) is 0 Å². The molecule has 0 aliphatic carbocycles. The Kier molecular flexibility index (Phi) is 4.77. The van der Waals surface area contributed by atoms with E-state index in [-0.39, 0.29) is 5.75 Å². The lowest BCUT2D eigenvalue weighted by Gasteiger charge is -2.02. The van der Waals surface area contributed by atoms with Crippen LogP contribution < -0.4 is 0 Å². The molecule has 1 aromatic heterocycles. The average molecular weight is 478 g/mol. The Hall–Kier alpha value is -3.15. The Morgan fingerprint density at radius 2 is 1.83 bits per heavy atom. The second-order valence-corrected chi connectivity index (χ2v) is 8.07. The normalized spacial score (nSPS) is 11.7. The second-order valence-electron chi connectivity index (χ2n) is 6.78. The molecule has 0 saturated carbocycles. The molecule has 5 rings (SSSR count). The number of fused-ring (bicyclic) bond motifs is 2. The lowest BCUT2D eigenvalue weighted by Crippen LogP contribution is -1.84. The van der Waals surface area contributed by atoms with Crippen LogP contribution in [-0.4, -0.2) is 16.3 Å². The van der Waals surface area contributed by atoms with Crippen LogP contribution in [0.5, 0.6) is 5.75 Å². The maximum Gasteiger partial charge on any atom is 0.227 e. The number of nitrogens with zero attached hydrogens (tertiary/aromatic N) is 2. The molecule has 1 N–H and O–H groups in total. The Morgan fingerprint density at radius 1 is 1.00 bits per heavy atom. The smallest absolute Gasteiger partial charge is 0.227 e. The Morgan fingerprint density at radius 3 is 2.73 bits per heavy atom. The van der Waals surface area contributed by atoms with Gasteiger partial charge in [0, 0.05) is 22.4 Å². The largest absolute Gasteiger partial charge is 0.506 e. The number of aromatic nitrogens is 1. The van der Waals surface area contributed by atoms with Gasteiger partial charge in [-0.2, -0.15) is 0 Å². The molecule has 0 aliphatic rings. The molecule has 4 aromatic carbocycles. The molecule has 6 heteroatoms. The summed E-state index contributed by atoms with van der Waals surface area (Å²) in [5.41, 5.74) is 3.55. The summed E-state index contributed by atoms with van der Waals surface area (Å²) >= 11 is 9.34. The molecule has 0 unspecified atom stereocenters. The molecular formula is C24H14BrClN2O2. The molecule has 5 aromatic rings. The number of phenols is 1. The number of benzene rings is 4. The van der Waals surface area contributed by atoms with E-state index in [4.69, 9.17) is 16.0 Å². The molecule has 0 saturated heterocycles. The van der Waals surface area contributed by atoms with Crippen molar-refractivity contribution in [2.24, 2.45) is 4.99 Å². The van der Waals surface area contributed by atoms with Crippen LogP contribution in [0.25, 0.3) is 33.3 Å². The van der Waals surface area contributed by atoms with Crippen molar-refractivity contribution in [3.8, 4) is 17.2 Å². The molecule has 0 fully saturated rings. The van der Waals surface area contributed by atoms with Gasteiger partial charge >= 0.3 is 0 Å². The van der Waals surface area contributed by atoms with E-state index in [2.05, 4.69) is 44.1 Å². The highest BCUT2D eigenvalue weighted by atomic mass is 79.9. The van der Waals surface area contributed by atoms with E-state index in [0.717, 1.165) is 16.3 Å². The van der Waals surface area contributed by atoms with Gasteiger partial charge in [-0.3, -0.25) is 4.99 Å². The fourth-order valence-corrected chi connectivity index (χ4v) is 4.19. The lowest BCUT2D eigenvalue weighted by atomic mass is 10.0. The molecular weight excluding hydrogens is 464 g/mol. The van der Waals surface area contributed by atoms with Crippen LogP contribution >= 0.6 is 27.5 Å². The van der Waals surface area contributed by atoms with Crippen molar-refractivity contribution in [3.63, 3.8) is 0 Å². The quantitative estimate of drug-likeness (QED) is 0.273. The van der Waals surface area contributed by atoms with Crippen LogP contribution in [0, 0.1) is 0 Å². The first-order valence-corrected chi connectivity index (χ1v) is 10.4. The second kappa shape index (κ2) is 7.59. The number of aliphatic imine (C=N–C) groups is 1. The summed E-state index contributed by atoms with van der Waals surface area (Å²) in [6, 6.07) is 23.0. The zero-order valence-corrected chi connectivity index (χ0v) is 17.9. The van der Waals surface area contributed by atoms with E-state index < -0.39 is 0 Å². The topological polar surface area (TPSA) is 58.6 Å². The minimum Gasteiger partial charge on any atom is -0.506 e. The minimum absolute atomic E-state index is 0.0870. The van der Waals surface area contributed by atoms with Gasteiger partial charge in [-0.05, 0) is 63.1 Å². The van der Waals surface area contributed by atoms with Crippen LogP contribution in [0.3, 0.4) is 0 Å². The highest BCUT2D eigenvalue weighted by Gasteiger charge is 2.12. The molecule has 0 bridgehead atoms. The number of aromatic hydroxyl groups is 1. The van der Waals surface area contributed by atoms with Gasteiger partial charge in [0.05, 0.1) is 10.2 Å². The standard InChI is InChI=1S/C24H14BrClN2O2/c25-20-11-16(26)10-15(23(20)29)13-27-17-8-9-22-21(12-17)28-24(30-22)19-7-3-5-14-4-1-2-6-18(14)19/h1-13,29H. The zero-order valence-electron chi connectivity index (χ0n) is 15.5. The fraction of sp³-hybridized carbons (Fsp3) is 0. The summed E-state index contributed by atoms with van der Waals surface area (Å²) in [5.74, 6) is 0.656. The van der Waals surface area contributed by atoms with Crippen LogP contribution in [0.15, 0.2) is 86.7 Å². The fourth-order valence-electron chi connectivity index (χ4n) is 3.35. The number of hydrogen-bond donors (Lipinski definition) is 1. The van der Waals surface area contributed by atoms with E-state index in [9.17, 15) is 5.11 Å². The Bertz CT molecular complexity index is 1440. The molecule has 0 radical (unpaired) electrons. The van der Waals surface area contributed by atoms with Gasteiger partial charge in [0.1, 0.15) is 11.3 Å². The van der Waals surface area contributed by atoms with Gasteiger partial charge in [0.2, 0.25) is 5.89 Å². The maximum atomic E-state index is 10.2. The van der Waals surface area contributed by atoms with Gasteiger partial charge in [0.15, 0.2) is 5.58 Å². The molecule has 0 spiro atoms. The SMILES string of the molecule is Oc1c(Br)cc(Cl)cc1C=Nc1ccc2oc(-c3cccc4ccccc34)nc2c1. The van der Waals surface area contributed by atoms with Crippen molar-refractivity contribution >= 4 is 61.3 Å². The summed E-state index contributed by atoms with van der Waals surface area (Å²) in [5, 5.41) is 12.9. The van der Waals surface area contributed by atoms with Crippen molar-refractivity contribution in [3.05, 3.63) is 87.9 Å². The van der Waals surface area contributed by atoms with Crippen LogP contribution in [0.2, 0.25) is 5.02 Å². The zero-order chi connectivity index (χ0) is 20.7. The number of halogens is 2. The van der Waals surface area contributed by atoms with E-state index in [1.54, 1.807) is 18.3 Å². The predicted molar refractivity (Wildman–Crippen MR) is 125 cm³/mol. The third kappa shape index (κ3) is 3.47. The van der Waals surface area contributed by atoms with Gasteiger partial charge in [-0.1, -0.05) is 48.0 Å². The molecule has 146 valence electrons. The third-order valence-corrected chi connectivity index (χ3v) is 5.62. The van der Waals surface area contributed by atoms with Gasteiger partial charge in [-0.25, -0.2) is 4.98 Å². The molecule has 4 nitrogen and oxygen atoms in total. The number of oxazole rings is 1. The summed E-state index contributed by atoms with van der Waals surface area (Å²) in [7, 11) is 0. The Balaban J connectivity index is 1.53. The number of rotatable bonds is 3. The van der Waals surface area contributed by atoms with Crippen LogP contribution in [0.4, 0.5) is 5.69 Å². The maximum absolute atomic E-state index is 10.2. The van der Waals surface area contributed by atoms with Crippen molar-refractivity contribution in [1.82, 2.24) is 4.98 Å². The minimum atomic E-state index is 0.0870. The predicted octanol–water partition coefficient (Wildman–Crippen LogP) is 7.52. The van der Waals surface area contributed by atoms with Gasteiger partial charge in [0.25, 0.3) is 0 Å². The van der Waals surface area contributed by atoms with E-state index >= 15 is 0 Å². The summed E-state index contributed by atoms with van der Waals surface area (Å²) < 4.78 is 6.52. The lowest BCUT2D eigenvalue weighted by molar-refractivity contribution is 0.471. The molecule has 0 aliphatic heterocycles. The first-order valence-electron chi connectivity index (χ1n) is 9.19. The number of hydrogen-bond acceptors (Lipinski definition) is 4. The number of phenolic OH excluding ortho intramolecular Hbond substituents is 1. The van der Waals surface area contributed by atoms with Crippen LogP contribution in [-0.2, 0) is 0 Å². The summed E-state index contributed by atoms with van der Waals surface area (Å²) in [6.07, 6.45) is 1.57. The highest BCUT2D eigenvalue weighted by molar-refractivity contribution is 9.10. The summed E-state index contributed by atoms with van der Waals surface area (Å²) in [4.78, 5) is 9.13. The first kappa shape index (κ1) is 18.9. The first-order chi connectivity index (χ1) is 14.6. The molecule has 0 amide bonds. The molecule has 1 heterocycles.